The van der Waals surface area contributed by atoms with Crippen LogP contribution in [-0.4, -0.2) is 86.9 Å². The molecule has 5 rings (SSSR count). The number of Topliss-reactive ketones (excluding diaryl/α,β-unsaturated/α-hetero) is 1. The Kier molecular flexibility index (Phi) is 11.7. The number of rotatable bonds is 13. The summed E-state index contributed by atoms with van der Waals surface area (Å²) >= 11 is 0. The summed E-state index contributed by atoms with van der Waals surface area (Å²) in [5.41, 5.74) is -0.638. The van der Waals surface area contributed by atoms with Gasteiger partial charge in [0, 0.05) is 25.0 Å². The van der Waals surface area contributed by atoms with Crippen LogP contribution in [0.25, 0.3) is 0 Å². The van der Waals surface area contributed by atoms with E-state index in [1.165, 1.54) is 18.6 Å². The topological polar surface area (TPSA) is 180 Å². The number of aromatic nitrogens is 2. The number of fused-ring (bicyclic) bond motifs is 1. The zero-order valence-electron chi connectivity index (χ0n) is 29.3. The fourth-order valence-electron chi connectivity index (χ4n) is 7.87. The van der Waals surface area contributed by atoms with Gasteiger partial charge in [0.1, 0.15) is 23.8 Å². The maximum absolute atomic E-state index is 14.6. The Morgan fingerprint density at radius 3 is 2.27 bits per heavy atom. The van der Waals surface area contributed by atoms with Crippen molar-refractivity contribution in [2.45, 2.75) is 135 Å². The van der Waals surface area contributed by atoms with Crippen LogP contribution in [0, 0.1) is 23.2 Å². The minimum absolute atomic E-state index is 0.0132. The second kappa shape index (κ2) is 15.8. The summed E-state index contributed by atoms with van der Waals surface area (Å²) in [5.74, 6) is -3.20. The van der Waals surface area contributed by atoms with Gasteiger partial charge in [-0.05, 0) is 68.1 Å². The van der Waals surface area contributed by atoms with Crippen LogP contribution < -0.4 is 21.3 Å². The molecule has 2 heterocycles. The van der Waals surface area contributed by atoms with E-state index in [0.717, 1.165) is 64.2 Å². The SMILES string of the molecule is CCC[C@H](NC(=O)[C@@H]1[C@H]2CCC[C@H]2CN1C(=O)[C@H](NC(=O)[C@H](NC(=O)c1cnccn1)C1CCCCC1)C(C)(C)C)C(=O)C(=O)NC1CC1. The molecule has 13 heteroatoms. The molecule has 268 valence electrons. The molecule has 0 radical (unpaired) electrons. The Morgan fingerprint density at radius 2 is 1.63 bits per heavy atom. The van der Waals surface area contributed by atoms with Crippen molar-refractivity contribution >= 4 is 35.3 Å². The lowest BCUT2D eigenvalue weighted by Gasteiger charge is -2.38. The maximum Gasteiger partial charge on any atom is 0.289 e. The number of carbonyl (C=O) groups is 6. The summed E-state index contributed by atoms with van der Waals surface area (Å²) in [4.78, 5) is 91.4. The largest absolute Gasteiger partial charge is 0.347 e. The molecular weight excluding hydrogens is 626 g/mol. The van der Waals surface area contributed by atoms with Crippen LogP contribution in [0.4, 0.5) is 0 Å². The van der Waals surface area contributed by atoms with E-state index in [0.29, 0.717) is 19.4 Å². The molecule has 0 aromatic carbocycles. The number of hydrogen-bond donors (Lipinski definition) is 4. The summed E-state index contributed by atoms with van der Waals surface area (Å²) in [6.45, 7) is 7.85. The van der Waals surface area contributed by atoms with Crippen molar-refractivity contribution in [2.24, 2.45) is 23.2 Å². The van der Waals surface area contributed by atoms with E-state index in [2.05, 4.69) is 31.2 Å². The van der Waals surface area contributed by atoms with Gasteiger partial charge in [-0.25, -0.2) is 4.98 Å². The zero-order chi connectivity index (χ0) is 35.3. The predicted octanol–water partition coefficient (Wildman–Crippen LogP) is 2.45. The molecule has 1 aromatic rings. The molecule has 0 bridgehead atoms. The normalized spacial score (nSPS) is 24.2. The average Bonchev–Trinajstić information content (AvgIpc) is 3.65. The minimum atomic E-state index is -0.994. The van der Waals surface area contributed by atoms with Crippen molar-refractivity contribution in [3.8, 4) is 0 Å². The van der Waals surface area contributed by atoms with Crippen molar-refractivity contribution in [3.63, 3.8) is 0 Å². The number of amides is 5. The first-order valence-electron chi connectivity index (χ1n) is 18.2. The predicted molar refractivity (Wildman–Crippen MR) is 181 cm³/mol. The van der Waals surface area contributed by atoms with Crippen LogP contribution in [0.1, 0.15) is 115 Å². The number of likely N-dealkylation sites (tertiary alicyclic amines) is 1. The Morgan fingerprint density at radius 1 is 0.898 bits per heavy atom. The second-order valence-electron chi connectivity index (χ2n) is 15.5. The smallest absolute Gasteiger partial charge is 0.289 e. The van der Waals surface area contributed by atoms with Crippen molar-refractivity contribution in [2.75, 3.05) is 6.54 Å². The van der Waals surface area contributed by atoms with Crippen molar-refractivity contribution < 1.29 is 28.8 Å². The molecule has 13 nitrogen and oxygen atoms in total. The van der Waals surface area contributed by atoms with Gasteiger partial charge in [-0.3, -0.25) is 33.8 Å². The molecule has 1 aromatic heterocycles. The molecule has 3 aliphatic carbocycles. The average molecular weight is 680 g/mol. The first-order chi connectivity index (χ1) is 23.4. The number of nitrogens with one attached hydrogen (secondary N) is 4. The van der Waals surface area contributed by atoms with E-state index in [-0.39, 0.29) is 35.4 Å². The zero-order valence-corrected chi connectivity index (χ0v) is 29.3. The van der Waals surface area contributed by atoms with Gasteiger partial charge < -0.3 is 26.2 Å². The molecule has 1 saturated heterocycles. The molecule has 6 atom stereocenters. The molecule has 3 saturated carbocycles. The van der Waals surface area contributed by atoms with Gasteiger partial charge in [0.25, 0.3) is 11.8 Å². The van der Waals surface area contributed by atoms with Crippen LogP contribution in [0.2, 0.25) is 0 Å². The monoisotopic (exact) mass is 679 g/mol. The number of ketones is 1. The molecular formula is C36H53N7O6. The highest BCUT2D eigenvalue weighted by molar-refractivity contribution is 6.38. The Labute approximate surface area is 288 Å². The quantitative estimate of drug-likeness (QED) is 0.230. The minimum Gasteiger partial charge on any atom is -0.347 e. The summed E-state index contributed by atoms with van der Waals surface area (Å²) in [7, 11) is 0. The number of hydrogen-bond acceptors (Lipinski definition) is 8. The Balaban J connectivity index is 1.36. The fraction of sp³-hybridized carbons (Fsp3) is 0.722. The van der Waals surface area contributed by atoms with E-state index in [4.69, 9.17) is 0 Å². The van der Waals surface area contributed by atoms with Crippen LogP contribution >= 0.6 is 0 Å². The lowest BCUT2D eigenvalue weighted by molar-refractivity contribution is -0.146. The highest BCUT2D eigenvalue weighted by Crippen LogP contribution is 2.43. The van der Waals surface area contributed by atoms with Crippen LogP contribution in [-0.2, 0) is 24.0 Å². The Hall–Kier alpha value is -3.90. The summed E-state index contributed by atoms with van der Waals surface area (Å²) in [6, 6.07) is -3.68. The van der Waals surface area contributed by atoms with Crippen molar-refractivity contribution in [1.82, 2.24) is 36.1 Å². The van der Waals surface area contributed by atoms with Crippen molar-refractivity contribution in [3.05, 3.63) is 24.3 Å². The molecule has 4 N–H and O–H groups in total. The van der Waals surface area contributed by atoms with Gasteiger partial charge in [-0.2, -0.15) is 0 Å². The van der Waals surface area contributed by atoms with Crippen LogP contribution in [0.15, 0.2) is 18.6 Å². The third kappa shape index (κ3) is 8.83. The van der Waals surface area contributed by atoms with Gasteiger partial charge in [0.2, 0.25) is 23.5 Å². The molecule has 0 spiro atoms. The highest BCUT2D eigenvalue weighted by atomic mass is 16.2. The second-order valence-corrected chi connectivity index (χ2v) is 15.5. The molecule has 4 aliphatic rings. The third-order valence-corrected chi connectivity index (χ3v) is 10.7. The van der Waals surface area contributed by atoms with E-state index < -0.39 is 59.0 Å². The van der Waals surface area contributed by atoms with Gasteiger partial charge in [-0.1, -0.05) is 59.8 Å². The summed E-state index contributed by atoms with van der Waals surface area (Å²) in [5, 5.41) is 11.5. The maximum atomic E-state index is 14.6. The van der Waals surface area contributed by atoms with E-state index in [9.17, 15) is 28.8 Å². The molecule has 4 fully saturated rings. The fourth-order valence-corrected chi connectivity index (χ4v) is 7.87. The van der Waals surface area contributed by atoms with Gasteiger partial charge in [0.05, 0.1) is 12.2 Å². The van der Waals surface area contributed by atoms with E-state index >= 15 is 0 Å². The standard InChI is InChI=1S/C36H53N7O6/c1-5-10-25(29(44)34(48)39-23-15-16-23)40-33(47)28-24-14-9-13-22(24)20-43(28)35(49)30(36(2,3)4)42-32(46)27(21-11-7-6-8-12-21)41-31(45)26-19-37-17-18-38-26/h17-19,21-25,27-28,30H,5-16,20H2,1-4H3,(H,39,48)(H,40,47)(H,41,45)(H,42,46)/t22-,24-,25-,27+,28-,30-/m0/s1. The van der Waals surface area contributed by atoms with Crippen LogP contribution in [0.5, 0.6) is 0 Å². The summed E-state index contributed by atoms with van der Waals surface area (Å²) in [6.07, 6.45) is 13.9. The first kappa shape index (κ1) is 36.4. The van der Waals surface area contributed by atoms with E-state index in [1.807, 2.05) is 27.7 Å². The molecule has 1 aliphatic heterocycles. The van der Waals surface area contributed by atoms with Gasteiger partial charge in [0.15, 0.2) is 0 Å². The number of carbonyl (C=O) groups excluding carboxylic acids is 6. The first-order valence-corrected chi connectivity index (χ1v) is 18.2. The lowest BCUT2D eigenvalue weighted by Crippen LogP contribution is -2.62. The van der Waals surface area contributed by atoms with E-state index in [1.54, 1.807) is 4.90 Å². The Bertz CT molecular complexity index is 1390. The highest BCUT2D eigenvalue weighted by Gasteiger charge is 2.52. The number of nitrogens with zero attached hydrogens (tertiary/aromatic N) is 3. The third-order valence-electron chi connectivity index (χ3n) is 10.7. The molecule has 5 amide bonds. The summed E-state index contributed by atoms with van der Waals surface area (Å²) < 4.78 is 0. The van der Waals surface area contributed by atoms with Crippen LogP contribution in [0.3, 0.4) is 0 Å². The molecule has 0 unspecified atom stereocenters. The molecule has 49 heavy (non-hydrogen) atoms. The lowest BCUT2D eigenvalue weighted by atomic mass is 9.82. The van der Waals surface area contributed by atoms with Crippen molar-refractivity contribution in [1.29, 1.82) is 0 Å². The van der Waals surface area contributed by atoms with Gasteiger partial charge >= 0.3 is 0 Å². The van der Waals surface area contributed by atoms with Gasteiger partial charge in [-0.15, -0.1) is 0 Å².